The summed E-state index contributed by atoms with van der Waals surface area (Å²) >= 11 is 0. The lowest BCUT2D eigenvalue weighted by molar-refractivity contribution is -0.0997. The van der Waals surface area contributed by atoms with E-state index in [0.717, 1.165) is 25.2 Å². The summed E-state index contributed by atoms with van der Waals surface area (Å²) in [6.45, 7) is 13.6. The number of likely N-dealkylation sites (tertiary alicyclic amines) is 2. The second kappa shape index (κ2) is 4.60. The highest BCUT2D eigenvalue weighted by molar-refractivity contribution is 5.10. The molecule has 0 N–H and O–H groups in total. The van der Waals surface area contributed by atoms with Gasteiger partial charge in [-0.1, -0.05) is 0 Å². The summed E-state index contributed by atoms with van der Waals surface area (Å²) in [7, 11) is 0. The minimum absolute atomic E-state index is 0.316. The number of fused-ring (bicyclic) bond motifs is 2. The number of hydrogen-bond donors (Lipinski definition) is 0. The fraction of sp³-hybridized carbons (Fsp3) is 0.800. The number of nitrogens with zero attached hydrogens (tertiary/aromatic N) is 4. The van der Waals surface area contributed by atoms with E-state index in [-0.39, 0.29) is 0 Å². The largest absolute Gasteiger partial charge is 0.295 e. The topological polar surface area (TPSA) is 24.3 Å². The zero-order chi connectivity index (χ0) is 13.6. The Bertz CT molecular complexity index is 433. The first-order valence-corrected chi connectivity index (χ1v) is 7.49. The lowest BCUT2D eigenvalue weighted by Crippen LogP contribution is -2.70. The van der Waals surface area contributed by atoms with E-state index in [2.05, 4.69) is 48.8 Å². The molecule has 2 unspecified atom stereocenters. The monoisotopic (exact) mass is 262 g/mol. The first-order chi connectivity index (χ1) is 8.97. The molecule has 0 radical (unpaired) electrons. The summed E-state index contributed by atoms with van der Waals surface area (Å²) < 4.78 is 2.02. The molecule has 2 saturated heterocycles. The number of hydrogen-bond acceptors (Lipinski definition) is 3. The molecule has 0 spiro atoms. The van der Waals surface area contributed by atoms with Gasteiger partial charge in [-0.2, -0.15) is 5.10 Å². The third-order valence-electron chi connectivity index (χ3n) is 4.67. The average molecular weight is 262 g/mol. The molecule has 4 heteroatoms. The zero-order valence-corrected chi connectivity index (χ0v) is 12.6. The van der Waals surface area contributed by atoms with Crippen molar-refractivity contribution in [1.82, 2.24) is 19.6 Å². The van der Waals surface area contributed by atoms with Crippen LogP contribution in [0, 0.1) is 0 Å². The van der Waals surface area contributed by atoms with Crippen LogP contribution in [0.4, 0.5) is 0 Å². The summed E-state index contributed by atoms with van der Waals surface area (Å²) in [5.41, 5.74) is 1.68. The Morgan fingerprint density at radius 2 is 1.95 bits per heavy atom. The van der Waals surface area contributed by atoms with Gasteiger partial charge in [0.05, 0.1) is 6.20 Å². The van der Waals surface area contributed by atoms with E-state index < -0.39 is 0 Å². The van der Waals surface area contributed by atoms with Crippen molar-refractivity contribution in [2.24, 2.45) is 0 Å². The van der Waals surface area contributed by atoms with E-state index in [1.807, 2.05) is 10.9 Å². The number of aromatic nitrogens is 2. The Morgan fingerprint density at radius 1 is 1.26 bits per heavy atom. The van der Waals surface area contributed by atoms with E-state index in [1.54, 1.807) is 0 Å². The highest BCUT2D eigenvalue weighted by atomic mass is 15.4. The van der Waals surface area contributed by atoms with Crippen molar-refractivity contribution in [3.05, 3.63) is 18.0 Å². The van der Waals surface area contributed by atoms with Gasteiger partial charge in [0.15, 0.2) is 0 Å². The fourth-order valence-corrected chi connectivity index (χ4v) is 3.36. The Balaban J connectivity index is 1.61. The van der Waals surface area contributed by atoms with Crippen molar-refractivity contribution in [3.63, 3.8) is 0 Å². The van der Waals surface area contributed by atoms with Gasteiger partial charge in [0.2, 0.25) is 0 Å². The molecule has 2 fully saturated rings. The van der Waals surface area contributed by atoms with Gasteiger partial charge in [-0.15, -0.1) is 0 Å². The first kappa shape index (κ1) is 13.1. The summed E-state index contributed by atoms with van der Waals surface area (Å²) in [6.07, 6.45) is 5.60. The molecule has 2 aliphatic rings. The molecular weight excluding hydrogens is 236 g/mol. The van der Waals surface area contributed by atoms with Gasteiger partial charge in [-0.05, 0) is 34.1 Å². The molecule has 2 atom stereocenters. The van der Waals surface area contributed by atoms with Crippen LogP contribution in [0.25, 0.3) is 0 Å². The van der Waals surface area contributed by atoms with Crippen molar-refractivity contribution in [2.75, 3.05) is 13.1 Å². The van der Waals surface area contributed by atoms with Gasteiger partial charge < -0.3 is 0 Å². The lowest BCUT2D eigenvalue weighted by Gasteiger charge is -2.59. The standard InChI is InChI=1S/C15H26N4/c1-5-18-8-12(7-16-18)9-19-13-6-14(19)11-17(10-13)15(2,3)4/h7-8,13-14H,5-6,9-11H2,1-4H3. The SMILES string of the molecule is CCn1cc(CN2C3CC2CN(C(C)(C)C)C3)cn1. The highest BCUT2D eigenvalue weighted by Gasteiger charge is 2.46. The van der Waals surface area contributed by atoms with Crippen molar-refractivity contribution < 1.29 is 0 Å². The summed E-state index contributed by atoms with van der Waals surface area (Å²) in [5, 5.41) is 4.37. The quantitative estimate of drug-likeness (QED) is 0.832. The number of piperazine rings is 1. The third kappa shape index (κ3) is 2.43. The van der Waals surface area contributed by atoms with Crippen LogP contribution in [-0.2, 0) is 13.1 Å². The van der Waals surface area contributed by atoms with Gasteiger partial charge >= 0.3 is 0 Å². The lowest BCUT2D eigenvalue weighted by atomic mass is 9.84. The van der Waals surface area contributed by atoms with Gasteiger partial charge in [0.1, 0.15) is 0 Å². The molecule has 0 aromatic carbocycles. The van der Waals surface area contributed by atoms with Crippen molar-refractivity contribution in [2.45, 2.75) is 64.8 Å². The molecule has 106 valence electrons. The van der Waals surface area contributed by atoms with Crippen molar-refractivity contribution in [1.29, 1.82) is 0 Å². The molecule has 1 aromatic rings. The molecule has 3 heterocycles. The zero-order valence-electron chi connectivity index (χ0n) is 12.6. The highest BCUT2D eigenvalue weighted by Crippen LogP contribution is 2.36. The van der Waals surface area contributed by atoms with Crippen molar-refractivity contribution >= 4 is 0 Å². The Morgan fingerprint density at radius 3 is 2.47 bits per heavy atom. The van der Waals surface area contributed by atoms with E-state index in [0.29, 0.717) is 5.54 Å². The van der Waals surface area contributed by atoms with Gasteiger partial charge in [-0.3, -0.25) is 14.5 Å². The average Bonchev–Trinajstić information content (AvgIpc) is 2.83. The maximum absolute atomic E-state index is 4.37. The Labute approximate surface area is 116 Å². The summed E-state index contributed by atoms with van der Waals surface area (Å²) in [5.74, 6) is 0. The smallest absolute Gasteiger partial charge is 0.0534 e. The maximum atomic E-state index is 4.37. The fourth-order valence-electron chi connectivity index (χ4n) is 3.36. The molecule has 2 bridgehead atoms. The molecule has 2 aliphatic heterocycles. The molecule has 0 aliphatic carbocycles. The minimum atomic E-state index is 0.316. The second-order valence-electron chi connectivity index (χ2n) is 7.00. The van der Waals surface area contributed by atoms with E-state index in [1.165, 1.54) is 25.1 Å². The minimum Gasteiger partial charge on any atom is -0.295 e. The predicted molar refractivity (Wildman–Crippen MR) is 77.0 cm³/mol. The van der Waals surface area contributed by atoms with E-state index >= 15 is 0 Å². The van der Waals surface area contributed by atoms with E-state index in [9.17, 15) is 0 Å². The van der Waals surface area contributed by atoms with Crippen LogP contribution in [0.1, 0.15) is 39.7 Å². The van der Waals surface area contributed by atoms with Crippen LogP contribution in [0.15, 0.2) is 12.4 Å². The normalized spacial score (nSPS) is 28.4. The van der Waals surface area contributed by atoms with Crippen LogP contribution >= 0.6 is 0 Å². The molecule has 0 amide bonds. The molecular formula is C15H26N4. The molecule has 4 nitrogen and oxygen atoms in total. The maximum Gasteiger partial charge on any atom is 0.0534 e. The van der Waals surface area contributed by atoms with Gasteiger partial charge in [-0.25, -0.2) is 0 Å². The third-order valence-corrected chi connectivity index (χ3v) is 4.67. The molecule has 0 saturated carbocycles. The van der Waals surface area contributed by atoms with Crippen LogP contribution in [0.2, 0.25) is 0 Å². The molecule has 3 rings (SSSR count). The number of rotatable bonds is 3. The van der Waals surface area contributed by atoms with Gasteiger partial charge in [0, 0.05) is 55.6 Å². The second-order valence-corrected chi connectivity index (χ2v) is 7.00. The predicted octanol–water partition coefficient (Wildman–Crippen LogP) is 1.96. The van der Waals surface area contributed by atoms with Crippen LogP contribution in [-0.4, -0.2) is 50.3 Å². The number of piperidine rings is 1. The molecule has 19 heavy (non-hydrogen) atoms. The van der Waals surface area contributed by atoms with E-state index in [4.69, 9.17) is 0 Å². The molecule has 1 aromatic heterocycles. The van der Waals surface area contributed by atoms with Crippen molar-refractivity contribution in [3.8, 4) is 0 Å². The Kier molecular flexibility index (Phi) is 3.18. The van der Waals surface area contributed by atoms with Gasteiger partial charge in [0.25, 0.3) is 0 Å². The first-order valence-electron chi connectivity index (χ1n) is 7.49. The van der Waals surface area contributed by atoms with Crippen LogP contribution < -0.4 is 0 Å². The van der Waals surface area contributed by atoms with Crippen LogP contribution in [0.3, 0.4) is 0 Å². The summed E-state index contributed by atoms with van der Waals surface area (Å²) in [4.78, 5) is 5.30. The Hall–Kier alpha value is -0.870. The summed E-state index contributed by atoms with van der Waals surface area (Å²) in [6, 6.07) is 1.51. The number of aryl methyl sites for hydroxylation is 1. The van der Waals surface area contributed by atoms with Crippen LogP contribution in [0.5, 0.6) is 0 Å².